The van der Waals surface area contributed by atoms with E-state index in [9.17, 15) is 4.79 Å². The molecular weight excluding hydrogens is 166 g/mol. The molecule has 3 heteroatoms. The number of carbonyl (C=O) groups is 1. The first-order valence-electron chi connectivity index (χ1n) is 5.23. The fourth-order valence-electron chi connectivity index (χ4n) is 2.33. The average Bonchev–Trinajstić information content (AvgIpc) is 2.02. The first-order valence-corrected chi connectivity index (χ1v) is 5.23. The van der Waals surface area contributed by atoms with E-state index in [0.29, 0.717) is 12.6 Å². The summed E-state index contributed by atoms with van der Waals surface area (Å²) in [5.41, 5.74) is 0. The third-order valence-corrected chi connectivity index (χ3v) is 3.52. The molecule has 2 atom stereocenters. The van der Waals surface area contributed by atoms with Gasteiger partial charge in [0.05, 0.1) is 5.92 Å². The van der Waals surface area contributed by atoms with E-state index in [1.807, 2.05) is 0 Å². The Balaban J connectivity index is 1.78. The predicted molar refractivity (Wildman–Crippen MR) is 49.5 cm³/mol. The predicted octanol–water partition coefficient (Wildman–Crippen LogP) is 1.24. The number of aliphatic carboxylic acids is 1. The van der Waals surface area contributed by atoms with Crippen LogP contribution in [0.2, 0.25) is 0 Å². The zero-order chi connectivity index (χ0) is 9.26. The molecule has 1 heterocycles. The van der Waals surface area contributed by atoms with Crippen molar-refractivity contribution in [1.29, 1.82) is 0 Å². The van der Waals surface area contributed by atoms with Gasteiger partial charge in [-0.1, -0.05) is 6.42 Å². The van der Waals surface area contributed by atoms with Gasteiger partial charge in [-0.25, -0.2) is 0 Å². The normalized spacial score (nSPS) is 35.4. The highest BCUT2D eigenvalue weighted by Gasteiger charge is 2.32. The standard InChI is InChI=1S/C10H17NO2/c12-10(13)8-4-5-9(11-6-8)7-2-1-3-7/h7-9,11H,1-6H2,(H,12,13). The summed E-state index contributed by atoms with van der Waals surface area (Å²) in [6.45, 7) is 0.677. The molecule has 2 aliphatic rings. The van der Waals surface area contributed by atoms with Crippen LogP contribution in [0.25, 0.3) is 0 Å². The van der Waals surface area contributed by atoms with E-state index in [4.69, 9.17) is 5.11 Å². The Bertz CT molecular complexity index is 193. The van der Waals surface area contributed by atoms with Crippen LogP contribution in [-0.2, 0) is 4.79 Å². The number of hydrogen-bond acceptors (Lipinski definition) is 2. The Hall–Kier alpha value is -0.570. The minimum Gasteiger partial charge on any atom is -0.481 e. The summed E-state index contributed by atoms with van der Waals surface area (Å²) >= 11 is 0. The van der Waals surface area contributed by atoms with E-state index >= 15 is 0 Å². The van der Waals surface area contributed by atoms with Crippen molar-refractivity contribution < 1.29 is 9.90 Å². The van der Waals surface area contributed by atoms with E-state index < -0.39 is 5.97 Å². The maximum absolute atomic E-state index is 10.7. The van der Waals surface area contributed by atoms with Gasteiger partial charge < -0.3 is 10.4 Å². The van der Waals surface area contributed by atoms with Gasteiger partial charge in [0.1, 0.15) is 0 Å². The van der Waals surface area contributed by atoms with Crippen LogP contribution in [0.4, 0.5) is 0 Å². The molecule has 1 saturated carbocycles. The van der Waals surface area contributed by atoms with Crippen LogP contribution in [0.3, 0.4) is 0 Å². The summed E-state index contributed by atoms with van der Waals surface area (Å²) in [5, 5.41) is 12.2. The molecule has 1 aliphatic carbocycles. The second-order valence-electron chi connectivity index (χ2n) is 4.32. The Labute approximate surface area is 78.5 Å². The van der Waals surface area contributed by atoms with Gasteiger partial charge in [0.2, 0.25) is 0 Å². The Morgan fingerprint density at radius 1 is 1.23 bits per heavy atom. The van der Waals surface area contributed by atoms with Crippen LogP contribution in [0, 0.1) is 11.8 Å². The Morgan fingerprint density at radius 2 is 2.00 bits per heavy atom. The van der Waals surface area contributed by atoms with Gasteiger partial charge in [-0.3, -0.25) is 4.79 Å². The lowest BCUT2D eigenvalue weighted by Crippen LogP contribution is -2.47. The number of rotatable bonds is 2. The van der Waals surface area contributed by atoms with Crippen molar-refractivity contribution in [3.63, 3.8) is 0 Å². The van der Waals surface area contributed by atoms with Crippen molar-refractivity contribution in [3.8, 4) is 0 Å². The van der Waals surface area contributed by atoms with Gasteiger partial charge in [0.25, 0.3) is 0 Å². The highest BCUT2D eigenvalue weighted by atomic mass is 16.4. The molecule has 1 saturated heterocycles. The molecule has 13 heavy (non-hydrogen) atoms. The number of carboxylic acid groups (broad SMARTS) is 1. The van der Waals surface area contributed by atoms with E-state index in [1.165, 1.54) is 19.3 Å². The number of piperidine rings is 1. The van der Waals surface area contributed by atoms with Gasteiger partial charge in [0, 0.05) is 12.6 Å². The molecule has 2 N–H and O–H groups in total. The molecule has 74 valence electrons. The molecule has 2 unspecified atom stereocenters. The van der Waals surface area contributed by atoms with Crippen LogP contribution < -0.4 is 5.32 Å². The summed E-state index contributed by atoms with van der Waals surface area (Å²) in [5.74, 6) is 0.0608. The highest BCUT2D eigenvalue weighted by Crippen LogP contribution is 2.33. The van der Waals surface area contributed by atoms with E-state index in [1.54, 1.807) is 0 Å². The van der Waals surface area contributed by atoms with Gasteiger partial charge in [0.15, 0.2) is 0 Å². The maximum atomic E-state index is 10.7. The molecule has 0 aromatic rings. The number of carboxylic acids is 1. The lowest BCUT2D eigenvalue weighted by molar-refractivity contribution is -0.142. The van der Waals surface area contributed by atoms with E-state index in [-0.39, 0.29) is 5.92 Å². The molecule has 2 fully saturated rings. The first kappa shape index (κ1) is 9.00. The van der Waals surface area contributed by atoms with Crippen molar-refractivity contribution in [2.75, 3.05) is 6.54 Å². The second-order valence-corrected chi connectivity index (χ2v) is 4.32. The van der Waals surface area contributed by atoms with Gasteiger partial charge in [-0.15, -0.1) is 0 Å². The SMILES string of the molecule is O=C(O)C1CCC(C2CCC2)NC1. The van der Waals surface area contributed by atoms with Crippen molar-refractivity contribution >= 4 is 5.97 Å². The van der Waals surface area contributed by atoms with Crippen molar-refractivity contribution in [2.24, 2.45) is 11.8 Å². The van der Waals surface area contributed by atoms with Crippen LogP contribution in [0.15, 0.2) is 0 Å². The van der Waals surface area contributed by atoms with E-state index in [0.717, 1.165) is 18.8 Å². The largest absolute Gasteiger partial charge is 0.481 e. The van der Waals surface area contributed by atoms with Crippen molar-refractivity contribution in [2.45, 2.75) is 38.1 Å². The third-order valence-electron chi connectivity index (χ3n) is 3.52. The summed E-state index contributed by atoms with van der Waals surface area (Å²) in [4.78, 5) is 10.7. The van der Waals surface area contributed by atoms with Crippen LogP contribution in [-0.4, -0.2) is 23.7 Å². The maximum Gasteiger partial charge on any atom is 0.307 e. The minimum absolute atomic E-state index is 0.142. The zero-order valence-corrected chi connectivity index (χ0v) is 7.83. The quantitative estimate of drug-likeness (QED) is 0.677. The Kier molecular flexibility index (Phi) is 2.54. The van der Waals surface area contributed by atoms with Gasteiger partial charge >= 0.3 is 5.97 Å². The number of hydrogen-bond donors (Lipinski definition) is 2. The molecule has 2 rings (SSSR count). The highest BCUT2D eigenvalue weighted by molar-refractivity contribution is 5.70. The monoisotopic (exact) mass is 183 g/mol. The molecule has 3 nitrogen and oxygen atoms in total. The average molecular weight is 183 g/mol. The van der Waals surface area contributed by atoms with Crippen LogP contribution >= 0.6 is 0 Å². The van der Waals surface area contributed by atoms with Crippen molar-refractivity contribution in [3.05, 3.63) is 0 Å². The first-order chi connectivity index (χ1) is 6.27. The molecule has 0 aromatic carbocycles. The topological polar surface area (TPSA) is 49.3 Å². The van der Waals surface area contributed by atoms with Gasteiger partial charge in [-0.2, -0.15) is 0 Å². The molecule has 0 bridgehead atoms. The molecule has 0 aromatic heterocycles. The lowest BCUT2D eigenvalue weighted by Gasteiger charge is -2.38. The Morgan fingerprint density at radius 3 is 2.38 bits per heavy atom. The minimum atomic E-state index is -0.639. The molecular formula is C10H17NO2. The molecule has 0 radical (unpaired) electrons. The summed E-state index contributed by atoms with van der Waals surface area (Å²) < 4.78 is 0. The van der Waals surface area contributed by atoms with Crippen LogP contribution in [0.1, 0.15) is 32.1 Å². The fraction of sp³-hybridized carbons (Fsp3) is 0.900. The number of nitrogens with one attached hydrogen (secondary N) is 1. The van der Waals surface area contributed by atoms with Crippen molar-refractivity contribution in [1.82, 2.24) is 5.32 Å². The van der Waals surface area contributed by atoms with E-state index in [2.05, 4.69) is 5.32 Å². The second kappa shape index (κ2) is 3.66. The zero-order valence-electron chi connectivity index (χ0n) is 7.83. The van der Waals surface area contributed by atoms with Gasteiger partial charge in [-0.05, 0) is 31.6 Å². The molecule has 1 aliphatic heterocycles. The lowest BCUT2D eigenvalue weighted by atomic mass is 9.76. The molecule has 0 amide bonds. The summed E-state index contributed by atoms with van der Waals surface area (Å²) in [7, 11) is 0. The van der Waals surface area contributed by atoms with Crippen LogP contribution in [0.5, 0.6) is 0 Å². The summed E-state index contributed by atoms with van der Waals surface area (Å²) in [6, 6.07) is 0.615. The smallest absolute Gasteiger partial charge is 0.307 e. The summed E-state index contributed by atoms with van der Waals surface area (Å²) in [6.07, 6.45) is 5.97. The molecule has 0 spiro atoms. The fourth-order valence-corrected chi connectivity index (χ4v) is 2.33. The third kappa shape index (κ3) is 1.85.